The van der Waals surface area contributed by atoms with E-state index in [1.165, 1.54) is 21.8 Å². The SMILES string of the molecule is CCOC(=O)c1sc(CC)c(C#N)c1-c1ccc(-c2ccccc2SC)cc1. The van der Waals surface area contributed by atoms with Gasteiger partial charge in [0.25, 0.3) is 0 Å². The van der Waals surface area contributed by atoms with Crippen LogP contribution in [0.2, 0.25) is 0 Å². The van der Waals surface area contributed by atoms with Gasteiger partial charge in [0.15, 0.2) is 0 Å². The predicted octanol–water partition coefficient (Wildman–Crippen LogP) is 6.41. The quantitative estimate of drug-likeness (QED) is 0.350. The molecule has 1 heterocycles. The van der Waals surface area contributed by atoms with Crippen molar-refractivity contribution in [3.8, 4) is 28.3 Å². The Morgan fingerprint density at radius 3 is 2.39 bits per heavy atom. The Morgan fingerprint density at radius 2 is 1.79 bits per heavy atom. The van der Waals surface area contributed by atoms with Crippen molar-refractivity contribution in [3.05, 3.63) is 63.8 Å². The van der Waals surface area contributed by atoms with Gasteiger partial charge in [-0.3, -0.25) is 0 Å². The molecule has 2 aromatic carbocycles. The van der Waals surface area contributed by atoms with Gasteiger partial charge >= 0.3 is 5.97 Å². The van der Waals surface area contributed by atoms with Gasteiger partial charge in [0, 0.05) is 15.3 Å². The van der Waals surface area contributed by atoms with E-state index in [0.717, 1.165) is 16.0 Å². The molecule has 0 saturated carbocycles. The molecule has 0 fully saturated rings. The Bertz CT molecular complexity index is 1030. The molecule has 28 heavy (non-hydrogen) atoms. The molecule has 0 unspecified atom stereocenters. The molecule has 3 aromatic rings. The Balaban J connectivity index is 2.10. The van der Waals surface area contributed by atoms with E-state index in [9.17, 15) is 10.1 Å². The number of hydrogen-bond acceptors (Lipinski definition) is 5. The Hall–Kier alpha value is -2.55. The zero-order chi connectivity index (χ0) is 20.1. The summed E-state index contributed by atoms with van der Waals surface area (Å²) in [5, 5.41) is 9.72. The average Bonchev–Trinajstić information content (AvgIpc) is 3.13. The molecular formula is C23H21NO2S2. The van der Waals surface area contributed by atoms with Crippen LogP contribution in [0.25, 0.3) is 22.3 Å². The van der Waals surface area contributed by atoms with Crippen molar-refractivity contribution >= 4 is 29.1 Å². The van der Waals surface area contributed by atoms with Crippen molar-refractivity contribution in [2.45, 2.75) is 25.2 Å². The highest BCUT2D eigenvalue weighted by Gasteiger charge is 2.24. The van der Waals surface area contributed by atoms with E-state index in [1.807, 2.05) is 43.3 Å². The van der Waals surface area contributed by atoms with Gasteiger partial charge in [-0.05, 0) is 42.4 Å². The first-order valence-corrected chi connectivity index (χ1v) is 11.1. The number of nitrogens with zero attached hydrogens (tertiary/aromatic N) is 1. The van der Waals surface area contributed by atoms with Crippen LogP contribution in [0.3, 0.4) is 0 Å². The molecule has 5 heteroatoms. The zero-order valence-corrected chi connectivity index (χ0v) is 17.7. The summed E-state index contributed by atoms with van der Waals surface area (Å²) in [5.74, 6) is -0.365. The lowest BCUT2D eigenvalue weighted by Gasteiger charge is -2.09. The van der Waals surface area contributed by atoms with E-state index in [0.29, 0.717) is 29.0 Å². The maximum absolute atomic E-state index is 12.5. The van der Waals surface area contributed by atoms with Crippen LogP contribution in [0, 0.1) is 11.3 Å². The summed E-state index contributed by atoms with van der Waals surface area (Å²) in [5.41, 5.74) is 4.41. The minimum atomic E-state index is -0.365. The highest BCUT2D eigenvalue weighted by atomic mass is 32.2. The number of carbonyl (C=O) groups is 1. The fourth-order valence-electron chi connectivity index (χ4n) is 3.16. The highest BCUT2D eigenvalue weighted by Crippen LogP contribution is 2.38. The number of aryl methyl sites for hydroxylation is 1. The highest BCUT2D eigenvalue weighted by molar-refractivity contribution is 7.98. The molecule has 0 amide bonds. The van der Waals surface area contributed by atoms with E-state index in [4.69, 9.17) is 4.74 Å². The summed E-state index contributed by atoms with van der Waals surface area (Å²) in [6.45, 7) is 4.09. The van der Waals surface area contributed by atoms with Crippen molar-refractivity contribution in [1.82, 2.24) is 0 Å². The van der Waals surface area contributed by atoms with Crippen LogP contribution < -0.4 is 0 Å². The molecule has 0 atom stereocenters. The lowest BCUT2D eigenvalue weighted by atomic mass is 9.97. The second-order valence-electron chi connectivity index (χ2n) is 6.07. The van der Waals surface area contributed by atoms with E-state index >= 15 is 0 Å². The monoisotopic (exact) mass is 407 g/mol. The van der Waals surface area contributed by atoms with Gasteiger partial charge in [-0.25, -0.2) is 4.79 Å². The Labute approximate surface area is 174 Å². The summed E-state index contributed by atoms with van der Waals surface area (Å²) in [6.07, 6.45) is 2.77. The van der Waals surface area contributed by atoms with Crippen molar-refractivity contribution < 1.29 is 9.53 Å². The molecule has 1 aromatic heterocycles. The maximum Gasteiger partial charge on any atom is 0.348 e. The van der Waals surface area contributed by atoms with E-state index in [2.05, 4.69) is 24.5 Å². The molecule has 0 radical (unpaired) electrons. The number of hydrogen-bond donors (Lipinski definition) is 0. The number of thioether (sulfide) groups is 1. The lowest BCUT2D eigenvalue weighted by molar-refractivity contribution is 0.0533. The second kappa shape index (κ2) is 9.09. The van der Waals surface area contributed by atoms with Crippen LogP contribution in [0.15, 0.2) is 53.4 Å². The topological polar surface area (TPSA) is 50.1 Å². The molecule has 0 spiro atoms. The summed E-state index contributed by atoms with van der Waals surface area (Å²) >= 11 is 3.07. The van der Waals surface area contributed by atoms with Crippen LogP contribution in [0.5, 0.6) is 0 Å². The lowest BCUT2D eigenvalue weighted by Crippen LogP contribution is -2.04. The van der Waals surface area contributed by atoms with Gasteiger partial charge in [0.1, 0.15) is 10.9 Å². The van der Waals surface area contributed by atoms with Gasteiger partial charge in [-0.2, -0.15) is 5.26 Å². The van der Waals surface area contributed by atoms with Gasteiger partial charge in [-0.1, -0.05) is 49.4 Å². The van der Waals surface area contributed by atoms with Crippen LogP contribution in [0.1, 0.15) is 34.0 Å². The number of thiophene rings is 1. The van der Waals surface area contributed by atoms with Crippen molar-refractivity contribution in [2.24, 2.45) is 0 Å². The fraction of sp³-hybridized carbons (Fsp3) is 0.217. The van der Waals surface area contributed by atoms with Crippen LogP contribution in [-0.2, 0) is 11.2 Å². The first-order chi connectivity index (χ1) is 13.6. The van der Waals surface area contributed by atoms with E-state index < -0.39 is 0 Å². The number of nitriles is 1. The van der Waals surface area contributed by atoms with Gasteiger partial charge in [0.2, 0.25) is 0 Å². The molecule has 0 aliphatic carbocycles. The largest absolute Gasteiger partial charge is 0.462 e. The molecule has 0 aliphatic heterocycles. The van der Waals surface area contributed by atoms with Crippen molar-refractivity contribution in [1.29, 1.82) is 5.26 Å². The zero-order valence-electron chi connectivity index (χ0n) is 16.1. The third kappa shape index (κ3) is 3.84. The minimum absolute atomic E-state index is 0.309. The average molecular weight is 408 g/mol. The van der Waals surface area contributed by atoms with Gasteiger partial charge in [0.05, 0.1) is 12.2 Å². The normalized spacial score (nSPS) is 10.5. The summed E-state index contributed by atoms with van der Waals surface area (Å²) in [6, 6.07) is 18.6. The van der Waals surface area contributed by atoms with Crippen LogP contribution in [0.4, 0.5) is 0 Å². The third-order valence-electron chi connectivity index (χ3n) is 4.47. The summed E-state index contributed by atoms with van der Waals surface area (Å²) < 4.78 is 5.23. The van der Waals surface area contributed by atoms with Crippen molar-refractivity contribution in [2.75, 3.05) is 12.9 Å². The molecule has 0 aliphatic rings. The molecule has 3 nitrogen and oxygen atoms in total. The molecule has 0 saturated heterocycles. The second-order valence-corrected chi connectivity index (χ2v) is 8.02. The van der Waals surface area contributed by atoms with E-state index in [1.54, 1.807) is 18.7 Å². The van der Waals surface area contributed by atoms with E-state index in [-0.39, 0.29) is 5.97 Å². The predicted molar refractivity (Wildman–Crippen MR) is 117 cm³/mol. The molecular weight excluding hydrogens is 386 g/mol. The van der Waals surface area contributed by atoms with Gasteiger partial charge in [-0.15, -0.1) is 23.1 Å². The number of ether oxygens (including phenoxy) is 1. The minimum Gasteiger partial charge on any atom is -0.462 e. The van der Waals surface area contributed by atoms with Crippen LogP contribution in [-0.4, -0.2) is 18.8 Å². The van der Waals surface area contributed by atoms with Crippen LogP contribution >= 0.6 is 23.1 Å². The maximum atomic E-state index is 12.5. The first kappa shape index (κ1) is 20.2. The fourth-order valence-corrected chi connectivity index (χ4v) is 4.89. The number of esters is 1. The Morgan fingerprint density at radius 1 is 1.11 bits per heavy atom. The molecule has 142 valence electrons. The summed E-state index contributed by atoms with van der Waals surface area (Å²) in [4.78, 5) is 15.1. The summed E-state index contributed by atoms with van der Waals surface area (Å²) in [7, 11) is 0. The third-order valence-corrected chi connectivity index (χ3v) is 6.58. The van der Waals surface area contributed by atoms with Gasteiger partial charge < -0.3 is 4.74 Å². The number of carbonyl (C=O) groups excluding carboxylic acids is 1. The number of benzene rings is 2. The Kier molecular flexibility index (Phi) is 6.56. The molecule has 3 rings (SSSR count). The number of rotatable bonds is 6. The standard InChI is InChI=1S/C23H21NO2S2/c1-4-19-18(14-24)21(22(28-19)23(25)26-5-2)16-12-10-15(11-13-16)17-8-6-7-9-20(17)27-3/h6-13H,4-5H2,1-3H3. The smallest absolute Gasteiger partial charge is 0.348 e. The first-order valence-electron chi connectivity index (χ1n) is 9.11. The van der Waals surface area contributed by atoms with Crippen molar-refractivity contribution in [3.63, 3.8) is 0 Å². The molecule has 0 bridgehead atoms. The molecule has 0 N–H and O–H groups in total.